The fourth-order valence-electron chi connectivity index (χ4n) is 1.92. The number of hydrogen-bond donors (Lipinski definition) is 1. The summed E-state index contributed by atoms with van der Waals surface area (Å²) in [6.45, 7) is 2.27. The molecule has 0 radical (unpaired) electrons. The summed E-state index contributed by atoms with van der Waals surface area (Å²) in [4.78, 5) is 0. The molecule has 0 heterocycles. The molecule has 0 saturated heterocycles. The van der Waals surface area contributed by atoms with E-state index in [2.05, 4.69) is 15.9 Å². The fourth-order valence-corrected chi connectivity index (χ4v) is 2.82. The topological polar surface area (TPSA) is 38.7 Å². The van der Waals surface area contributed by atoms with Crippen LogP contribution in [0.5, 0.6) is 11.5 Å². The number of methoxy groups -OCH3 is 1. The third-order valence-corrected chi connectivity index (χ3v) is 3.99. The van der Waals surface area contributed by atoms with E-state index >= 15 is 0 Å². The Morgan fingerprint density at radius 2 is 2.00 bits per heavy atom. The van der Waals surface area contributed by atoms with Crippen molar-refractivity contribution < 1.29 is 14.6 Å². The first kappa shape index (κ1) is 16.1. The number of aryl methyl sites for hydroxylation is 1. The van der Waals surface area contributed by atoms with Crippen molar-refractivity contribution in [1.82, 2.24) is 0 Å². The molecule has 0 spiro atoms. The maximum Gasteiger partial charge on any atom is 0.175 e. The van der Waals surface area contributed by atoms with Crippen molar-refractivity contribution in [3.63, 3.8) is 0 Å². The van der Waals surface area contributed by atoms with Crippen molar-refractivity contribution in [2.24, 2.45) is 0 Å². The average molecular weight is 372 g/mol. The Kier molecular flexibility index (Phi) is 5.51. The van der Waals surface area contributed by atoms with Crippen LogP contribution in [0.15, 0.2) is 34.8 Å². The Bertz CT molecular complexity index is 644. The largest absolute Gasteiger partial charge is 0.493 e. The molecule has 2 aromatic carbocycles. The lowest BCUT2D eigenvalue weighted by Crippen LogP contribution is -2.00. The highest BCUT2D eigenvalue weighted by Crippen LogP contribution is 2.37. The van der Waals surface area contributed by atoms with E-state index in [-0.39, 0.29) is 6.61 Å². The van der Waals surface area contributed by atoms with Crippen LogP contribution in [0.2, 0.25) is 5.02 Å². The van der Waals surface area contributed by atoms with E-state index in [1.165, 1.54) is 0 Å². The molecule has 2 aromatic rings. The summed E-state index contributed by atoms with van der Waals surface area (Å²) in [6, 6.07) is 9.39. The summed E-state index contributed by atoms with van der Waals surface area (Å²) in [5.41, 5.74) is 2.76. The van der Waals surface area contributed by atoms with Crippen LogP contribution in [-0.2, 0) is 13.2 Å². The van der Waals surface area contributed by atoms with Gasteiger partial charge in [0.1, 0.15) is 6.61 Å². The van der Waals surface area contributed by atoms with Crippen molar-refractivity contribution in [2.75, 3.05) is 7.11 Å². The summed E-state index contributed by atoms with van der Waals surface area (Å²) in [6.07, 6.45) is 0. The molecule has 0 aliphatic rings. The van der Waals surface area contributed by atoms with Crippen LogP contribution in [-0.4, -0.2) is 12.2 Å². The highest BCUT2D eigenvalue weighted by molar-refractivity contribution is 9.10. The molecule has 21 heavy (non-hydrogen) atoms. The van der Waals surface area contributed by atoms with Crippen LogP contribution >= 0.6 is 27.5 Å². The van der Waals surface area contributed by atoms with Gasteiger partial charge >= 0.3 is 0 Å². The molecule has 0 unspecified atom stereocenters. The lowest BCUT2D eigenvalue weighted by atomic mass is 10.1. The Morgan fingerprint density at radius 1 is 1.24 bits per heavy atom. The van der Waals surface area contributed by atoms with E-state index in [1.54, 1.807) is 19.2 Å². The van der Waals surface area contributed by atoms with E-state index in [1.807, 2.05) is 25.1 Å². The highest BCUT2D eigenvalue weighted by Gasteiger charge is 2.12. The number of benzene rings is 2. The van der Waals surface area contributed by atoms with Crippen LogP contribution in [0.3, 0.4) is 0 Å². The zero-order valence-corrected chi connectivity index (χ0v) is 14.2. The summed E-state index contributed by atoms with van der Waals surface area (Å²) in [7, 11) is 1.56. The van der Waals surface area contributed by atoms with E-state index in [9.17, 15) is 5.11 Å². The standard InChI is InChI=1S/C16H16BrClO3/c1-10-3-4-12(14(18)5-10)9-21-16-13(17)6-11(8-19)7-15(16)20-2/h3-7,19H,8-9H2,1-2H3. The summed E-state index contributed by atoms with van der Waals surface area (Å²) >= 11 is 9.64. The molecule has 0 saturated carbocycles. The zero-order chi connectivity index (χ0) is 15.4. The molecule has 0 fully saturated rings. The molecule has 0 aliphatic carbocycles. The lowest BCUT2D eigenvalue weighted by Gasteiger charge is -2.14. The van der Waals surface area contributed by atoms with Gasteiger partial charge < -0.3 is 14.6 Å². The molecule has 5 heteroatoms. The molecule has 1 N–H and O–H groups in total. The molecular weight excluding hydrogens is 356 g/mol. The maximum absolute atomic E-state index is 9.21. The number of rotatable bonds is 5. The Morgan fingerprint density at radius 3 is 2.62 bits per heavy atom. The van der Waals surface area contributed by atoms with Gasteiger partial charge in [-0.2, -0.15) is 0 Å². The number of halogens is 2. The number of aliphatic hydroxyl groups is 1. The van der Waals surface area contributed by atoms with Gasteiger partial charge in [0.15, 0.2) is 11.5 Å². The summed E-state index contributed by atoms with van der Waals surface area (Å²) in [5, 5.41) is 9.89. The van der Waals surface area contributed by atoms with Gasteiger partial charge in [0.2, 0.25) is 0 Å². The Hall–Kier alpha value is -1.23. The van der Waals surface area contributed by atoms with Gasteiger partial charge in [-0.25, -0.2) is 0 Å². The third kappa shape index (κ3) is 3.90. The number of hydrogen-bond acceptors (Lipinski definition) is 3. The fraction of sp³-hybridized carbons (Fsp3) is 0.250. The quantitative estimate of drug-likeness (QED) is 0.841. The maximum atomic E-state index is 9.21. The van der Waals surface area contributed by atoms with Crippen LogP contribution in [0.1, 0.15) is 16.7 Å². The van der Waals surface area contributed by atoms with Crippen molar-refractivity contribution >= 4 is 27.5 Å². The van der Waals surface area contributed by atoms with Gasteiger partial charge in [0.25, 0.3) is 0 Å². The third-order valence-electron chi connectivity index (χ3n) is 3.05. The molecule has 3 nitrogen and oxygen atoms in total. The van der Waals surface area contributed by atoms with Crippen molar-refractivity contribution in [3.8, 4) is 11.5 Å². The molecule has 0 aliphatic heterocycles. The first-order valence-corrected chi connectivity index (χ1v) is 7.57. The monoisotopic (exact) mass is 370 g/mol. The summed E-state index contributed by atoms with van der Waals surface area (Å²) < 4.78 is 11.9. The van der Waals surface area contributed by atoms with E-state index in [0.717, 1.165) is 21.2 Å². The van der Waals surface area contributed by atoms with Gasteiger partial charge in [0.05, 0.1) is 18.2 Å². The average Bonchev–Trinajstić information content (AvgIpc) is 2.46. The predicted octanol–water partition coefficient (Wildman–Crippen LogP) is 4.49. The van der Waals surface area contributed by atoms with Crippen LogP contribution < -0.4 is 9.47 Å². The first-order chi connectivity index (χ1) is 10.0. The van der Waals surface area contributed by atoms with Crippen molar-refractivity contribution in [1.29, 1.82) is 0 Å². The smallest absolute Gasteiger partial charge is 0.175 e. The Balaban J connectivity index is 2.23. The zero-order valence-electron chi connectivity index (χ0n) is 11.8. The van der Waals surface area contributed by atoms with Crippen LogP contribution in [0, 0.1) is 6.92 Å². The predicted molar refractivity (Wildman–Crippen MR) is 87.1 cm³/mol. The molecule has 112 valence electrons. The lowest BCUT2D eigenvalue weighted by molar-refractivity contribution is 0.273. The minimum absolute atomic E-state index is 0.0565. The van der Waals surface area contributed by atoms with E-state index in [0.29, 0.717) is 23.1 Å². The minimum Gasteiger partial charge on any atom is -0.493 e. The molecule has 0 atom stereocenters. The highest BCUT2D eigenvalue weighted by atomic mass is 79.9. The number of ether oxygens (including phenoxy) is 2. The van der Waals surface area contributed by atoms with E-state index in [4.69, 9.17) is 21.1 Å². The van der Waals surface area contributed by atoms with E-state index < -0.39 is 0 Å². The van der Waals surface area contributed by atoms with Gasteiger partial charge in [-0.05, 0) is 52.2 Å². The minimum atomic E-state index is -0.0565. The molecule has 0 bridgehead atoms. The van der Waals surface area contributed by atoms with Crippen LogP contribution in [0.25, 0.3) is 0 Å². The first-order valence-electron chi connectivity index (χ1n) is 6.40. The SMILES string of the molecule is COc1cc(CO)cc(Br)c1OCc1ccc(C)cc1Cl. The van der Waals surface area contributed by atoms with Crippen molar-refractivity contribution in [2.45, 2.75) is 20.1 Å². The second-order valence-electron chi connectivity index (χ2n) is 4.65. The normalized spacial score (nSPS) is 10.5. The second-order valence-corrected chi connectivity index (χ2v) is 5.91. The molecule has 0 amide bonds. The molecular formula is C16H16BrClO3. The molecule has 2 rings (SSSR count). The Labute approximate surface area is 137 Å². The van der Waals surface area contributed by atoms with Crippen molar-refractivity contribution in [3.05, 3.63) is 56.5 Å². The van der Waals surface area contributed by atoms with Gasteiger partial charge in [0, 0.05) is 10.6 Å². The van der Waals surface area contributed by atoms with Crippen LogP contribution in [0.4, 0.5) is 0 Å². The van der Waals surface area contributed by atoms with Gasteiger partial charge in [-0.1, -0.05) is 23.7 Å². The molecule has 0 aromatic heterocycles. The van der Waals surface area contributed by atoms with Gasteiger partial charge in [-0.3, -0.25) is 0 Å². The summed E-state index contributed by atoms with van der Waals surface area (Å²) in [5.74, 6) is 1.16. The van der Waals surface area contributed by atoms with Gasteiger partial charge in [-0.15, -0.1) is 0 Å². The second kappa shape index (κ2) is 7.16. The number of aliphatic hydroxyl groups excluding tert-OH is 1.